The van der Waals surface area contributed by atoms with E-state index in [0.29, 0.717) is 47.4 Å². The molecule has 9 heteroatoms. The summed E-state index contributed by atoms with van der Waals surface area (Å²) in [6.45, 7) is 2.94. The van der Waals surface area contributed by atoms with Crippen LogP contribution < -0.4 is 9.47 Å². The standard InChI is InChI=1S/C25H24FN3O4S/c1-17-10-11-18(16-20(17)26)34(30,31)29-14-12-28(13-15-29)25-19-6-5-9-23(32-2)24(19)33-22-8-4-3-7-21(22)27-25/h3-11,16H,12-15H2,1-2H3. The van der Waals surface area contributed by atoms with Crippen LogP contribution in [0.1, 0.15) is 11.1 Å². The van der Waals surface area contributed by atoms with Crippen molar-refractivity contribution in [3.8, 4) is 17.2 Å². The molecule has 5 rings (SSSR count). The second-order valence-electron chi connectivity index (χ2n) is 8.14. The van der Waals surface area contributed by atoms with E-state index in [1.54, 1.807) is 14.0 Å². The smallest absolute Gasteiger partial charge is 0.243 e. The fraction of sp³-hybridized carbons (Fsp3) is 0.240. The first-order valence-electron chi connectivity index (χ1n) is 10.9. The third kappa shape index (κ3) is 3.91. The second kappa shape index (κ2) is 8.73. The van der Waals surface area contributed by atoms with Crippen LogP contribution in [-0.2, 0) is 10.0 Å². The number of aliphatic imine (C=N–C) groups is 1. The molecule has 0 bridgehead atoms. The number of aryl methyl sites for hydroxylation is 1. The molecular formula is C25H24FN3O4S. The summed E-state index contributed by atoms with van der Waals surface area (Å²) in [5, 5.41) is 0. The van der Waals surface area contributed by atoms with Gasteiger partial charge in [-0.15, -0.1) is 0 Å². The Labute approximate surface area is 198 Å². The molecule has 0 amide bonds. The second-order valence-corrected chi connectivity index (χ2v) is 10.1. The molecule has 0 atom stereocenters. The quantitative estimate of drug-likeness (QED) is 0.557. The van der Waals surface area contributed by atoms with Gasteiger partial charge in [-0.3, -0.25) is 0 Å². The topological polar surface area (TPSA) is 71.4 Å². The van der Waals surface area contributed by atoms with Gasteiger partial charge < -0.3 is 14.4 Å². The zero-order valence-electron chi connectivity index (χ0n) is 18.9. The average molecular weight is 482 g/mol. The molecule has 3 aromatic rings. The van der Waals surface area contributed by atoms with Crippen molar-refractivity contribution in [2.45, 2.75) is 11.8 Å². The summed E-state index contributed by atoms with van der Waals surface area (Å²) >= 11 is 0. The largest absolute Gasteiger partial charge is 0.493 e. The monoisotopic (exact) mass is 481 g/mol. The predicted molar refractivity (Wildman–Crippen MR) is 127 cm³/mol. The summed E-state index contributed by atoms with van der Waals surface area (Å²) in [5.41, 5.74) is 1.86. The van der Waals surface area contributed by atoms with Gasteiger partial charge in [0.25, 0.3) is 0 Å². The average Bonchev–Trinajstić information content (AvgIpc) is 3.02. The van der Waals surface area contributed by atoms with E-state index in [2.05, 4.69) is 0 Å². The summed E-state index contributed by atoms with van der Waals surface area (Å²) in [6, 6.07) is 17.1. The highest BCUT2D eigenvalue weighted by Gasteiger charge is 2.32. The van der Waals surface area contributed by atoms with Crippen molar-refractivity contribution in [2.75, 3.05) is 33.3 Å². The Bertz CT molecular complexity index is 1380. The van der Waals surface area contributed by atoms with Gasteiger partial charge >= 0.3 is 0 Å². The summed E-state index contributed by atoms with van der Waals surface area (Å²) < 4.78 is 53.3. The lowest BCUT2D eigenvalue weighted by molar-refractivity contribution is 0.266. The van der Waals surface area contributed by atoms with Crippen molar-refractivity contribution < 1.29 is 22.3 Å². The highest BCUT2D eigenvalue weighted by molar-refractivity contribution is 7.89. The zero-order valence-corrected chi connectivity index (χ0v) is 19.7. The molecule has 2 heterocycles. The number of hydrogen-bond donors (Lipinski definition) is 0. The molecule has 0 saturated carbocycles. The van der Waals surface area contributed by atoms with Crippen LogP contribution in [0.2, 0.25) is 0 Å². The van der Waals surface area contributed by atoms with Gasteiger partial charge in [0.2, 0.25) is 10.0 Å². The minimum Gasteiger partial charge on any atom is -0.493 e. The lowest BCUT2D eigenvalue weighted by atomic mass is 10.1. The molecule has 0 spiro atoms. The van der Waals surface area contributed by atoms with Crippen LogP contribution in [0.25, 0.3) is 0 Å². The maximum atomic E-state index is 14.0. The Kier molecular flexibility index (Phi) is 5.75. The van der Waals surface area contributed by atoms with E-state index in [1.807, 2.05) is 47.4 Å². The van der Waals surface area contributed by atoms with Gasteiger partial charge in [0.15, 0.2) is 17.2 Å². The molecule has 0 aromatic heterocycles. The van der Waals surface area contributed by atoms with Crippen LogP contribution in [0.5, 0.6) is 17.2 Å². The number of fused-ring (bicyclic) bond motifs is 2. The first-order chi connectivity index (χ1) is 16.4. The number of ether oxygens (including phenoxy) is 2. The number of rotatable bonds is 3. The van der Waals surface area contributed by atoms with E-state index < -0.39 is 15.8 Å². The Hall–Kier alpha value is -3.43. The predicted octanol–water partition coefficient (Wildman–Crippen LogP) is 4.33. The minimum absolute atomic E-state index is 0.0340. The van der Waals surface area contributed by atoms with Gasteiger partial charge in [0.1, 0.15) is 17.3 Å². The van der Waals surface area contributed by atoms with E-state index in [4.69, 9.17) is 14.5 Å². The molecule has 1 fully saturated rings. The number of methoxy groups -OCH3 is 1. The molecule has 0 radical (unpaired) electrons. The first kappa shape index (κ1) is 22.4. The molecule has 0 N–H and O–H groups in total. The van der Waals surface area contributed by atoms with Crippen LogP contribution in [0.15, 0.2) is 70.6 Å². The molecule has 2 aliphatic rings. The fourth-order valence-corrected chi connectivity index (χ4v) is 5.58. The van der Waals surface area contributed by atoms with Gasteiger partial charge in [-0.05, 0) is 48.9 Å². The maximum absolute atomic E-state index is 14.0. The first-order valence-corrected chi connectivity index (χ1v) is 12.4. The number of piperazine rings is 1. The molecule has 0 unspecified atom stereocenters. The van der Waals surface area contributed by atoms with Gasteiger partial charge in [0.05, 0.1) is 17.6 Å². The zero-order chi connectivity index (χ0) is 23.9. The number of amidine groups is 1. The molecular weight excluding hydrogens is 457 g/mol. The van der Waals surface area contributed by atoms with Crippen LogP contribution in [0.3, 0.4) is 0 Å². The van der Waals surface area contributed by atoms with E-state index in [0.717, 1.165) is 11.6 Å². The summed E-state index contributed by atoms with van der Waals surface area (Å²) in [7, 11) is -2.21. The van der Waals surface area contributed by atoms with Crippen molar-refractivity contribution in [3.63, 3.8) is 0 Å². The number of hydrogen-bond acceptors (Lipinski definition) is 6. The Morgan fingerprint density at radius 3 is 2.50 bits per heavy atom. The number of benzene rings is 3. The normalized spacial score (nSPS) is 16.1. The number of sulfonamides is 1. The van der Waals surface area contributed by atoms with Crippen molar-refractivity contribution in [2.24, 2.45) is 4.99 Å². The third-order valence-corrected chi connectivity index (χ3v) is 7.96. The van der Waals surface area contributed by atoms with E-state index in [9.17, 15) is 12.8 Å². The van der Waals surface area contributed by atoms with E-state index in [-0.39, 0.29) is 18.0 Å². The van der Waals surface area contributed by atoms with Crippen LogP contribution >= 0.6 is 0 Å². The maximum Gasteiger partial charge on any atom is 0.243 e. The third-order valence-electron chi connectivity index (χ3n) is 6.06. The fourth-order valence-electron chi connectivity index (χ4n) is 4.14. The highest BCUT2D eigenvalue weighted by Crippen LogP contribution is 2.42. The molecule has 0 aliphatic carbocycles. The van der Waals surface area contributed by atoms with Crippen molar-refractivity contribution in [1.82, 2.24) is 9.21 Å². The SMILES string of the molecule is COc1cccc2c1Oc1ccccc1N=C2N1CCN(S(=O)(=O)c2ccc(C)c(F)c2)CC1. The lowest BCUT2D eigenvalue weighted by Gasteiger charge is -2.36. The van der Waals surface area contributed by atoms with Crippen LogP contribution in [-0.4, -0.2) is 56.7 Å². The van der Waals surface area contributed by atoms with Gasteiger partial charge in [-0.1, -0.05) is 24.3 Å². The van der Waals surface area contributed by atoms with Crippen LogP contribution in [0.4, 0.5) is 10.1 Å². The molecule has 2 aliphatic heterocycles. The number of nitrogens with zero attached hydrogens (tertiary/aromatic N) is 3. The number of halogens is 1. The Balaban J connectivity index is 1.45. The summed E-state index contributed by atoms with van der Waals surface area (Å²) in [5.74, 6) is 1.93. The molecule has 176 valence electrons. The highest BCUT2D eigenvalue weighted by atomic mass is 32.2. The van der Waals surface area contributed by atoms with E-state index in [1.165, 1.54) is 16.4 Å². The number of para-hydroxylation sites is 3. The Morgan fingerprint density at radius 1 is 1.00 bits per heavy atom. The van der Waals surface area contributed by atoms with E-state index >= 15 is 0 Å². The van der Waals surface area contributed by atoms with Gasteiger partial charge in [-0.2, -0.15) is 4.31 Å². The summed E-state index contributed by atoms with van der Waals surface area (Å²) in [6.07, 6.45) is 0. The van der Waals surface area contributed by atoms with Gasteiger partial charge in [0, 0.05) is 26.2 Å². The molecule has 34 heavy (non-hydrogen) atoms. The molecule has 1 saturated heterocycles. The molecule has 7 nitrogen and oxygen atoms in total. The van der Waals surface area contributed by atoms with Crippen molar-refractivity contribution in [1.29, 1.82) is 0 Å². The lowest BCUT2D eigenvalue weighted by Crippen LogP contribution is -2.50. The van der Waals surface area contributed by atoms with Crippen LogP contribution in [0, 0.1) is 12.7 Å². The Morgan fingerprint density at radius 2 is 1.76 bits per heavy atom. The van der Waals surface area contributed by atoms with Gasteiger partial charge in [-0.25, -0.2) is 17.8 Å². The summed E-state index contributed by atoms with van der Waals surface area (Å²) in [4.78, 5) is 6.90. The molecule has 3 aromatic carbocycles. The minimum atomic E-state index is -3.80. The van der Waals surface area contributed by atoms with Crippen molar-refractivity contribution in [3.05, 3.63) is 77.6 Å². The van der Waals surface area contributed by atoms with Crippen molar-refractivity contribution >= 4 is 21.5 Å².